The van der Waals surface area contributed by atoms with Crippen LogP contribution in [0.3, 0.4) is 0 Å². The Kier molecular flexibility index (Phi) is 4.76. The van der Waals surface area contributed by atoms with Crippen LogP contribution in [0.15, 0.2) is 30.3 Å². The van der Waals surface area contributed by atoms with E-state index in [4.69, 9.17) is 4.74 Å². The Morgan fingerprint density at radius 1 is 1.24 bits per heavy atom. The predicted molar refractivity (Wildman–Crippen MR) is 110 cm³/mol. The SMILES string of the molecule is CS(=O)(=O)N[C@H]1CCCN(C(=O)C23CC2C3)[C@H]1COC1CC(c2ccccc2)C1. The average molecular weight is 419 g/mol. The van der Waals surface area contributed by atoms with E-state index in [1.165, 1.54) is 11.8 Å². The molecule has 5 rings (SSSR count). The maximum absolute atomic E-state index is 13.1. The molecule has 0 aromatic heterocycles. The van der Waals surface area contributed by atoms with Crippen LogP contribution in [0.5, 0.6) is 0 Å². The molecule has 1 aliphatic heterocycles. The van der Waals surface area contributed by atoms with Crippen molar-refractivity contribution in [3.05, 3.63) is 35.9 Å². The van der Waals surface area contributed by atoms with Gasteiger partial charge < -0.3 is 9.64 Å². The molecule has 2 atom stereocenters. The molecule has 1 aromatic carbocycles. The van der Waals surface area contributed by atoms with E-state index in [0.717, 1.165) is 38.5 Å². The number of fused-ring (bicyclic) bond motifs is 1. The normalized spacial score (nSPS) is 38.1. The maximum atomic E-state index is 13.1. The van der Waals surface area contributed by atoms with Crippen molar-refractivity contribution in [2.75, 3.05) is 19.4 Å². The van der Waals surface area contributed by atoms with Crippen LogP contribution < -0.4 is 4.72 Å². The highest BCUT2D eigenvalue weighted by Crippen LogP contribution is 2.76. The number of nitrogens with one attached hydrogen (secondary N) is 1. The summed E-state index contributed by atoms with van der Waals surface area (Å²) < 4.78 is 32.8. The van der Waals surface area contributed by atoms with Crippen LogP contribution in [0, 0.1) is 11.3 Å². The first-order valence-corrected chi connectivity index (χ1v) is 12.7. The monoisotopic (exact) mass is 418 g/mol. The zero-order valence-corrected chi connectivity index (χ0v) is 17.7. The van der Waals surface area contributed by atoms with Gasteiger partial charge in [0.15, 0.2) is 0 Å². The third kappa shape index (κ3) is 3.84. The minimum absolute atomic E-state index is 0.0971. The summed E-state index contributed by atoms with van der Waals surface area (Å²) in [6.45, 7) is 1.12. The molecule has 1 N–H and O–H groups in total. The summed E-state index contributed by atoms with van der Waals surface area (Å²) in [7, 11) is -3.33. The fourth-order valence-corrected chi connectivity index (χ4v) is 6.02. The predicted octanol–water partition coefficient (Wildman–Crippen LogP) is 2.27. The van der Waals surface area contributed by atoms with Crippen LogP contribution in [0.4, 0.5) is 0 Å². The number of benzene rings is 1. The number of hydrogen-bond acceptors (Lipinski definition) is 4. The second kappa shape index (κ2) is 7.06. The summed E-state index contributed by atoms with van der Waals surface area (Å²) >= 11 is 0. The Balaban J connectivity index is 1.23. The maximum Gasteiger partial charge on any atom is 0.229 e. The molecule has 4 fully saturated rings. The number of amides is 1. The van der Waals surface area contributed by atoms with Gasteiger partial charge in [-0.2, -0.15) is 0 Å². The van der Waals surface area contributed by atoms with Crippen molar-refractivity contribution in [3.63, 3.8) is 0 Å². The first-order valence-electron chi connectivity index (χ1n) is 10.8. The molecule has 29 heavy (non-hydrogen) atoms. The van der Waals surface area contributed by atoms with Crippen LogP contribution in [-0.2, 0) is 19.6 Å². The number of likely N-dealkylation sites (tertiary alicyclic amines) is 1. The van der Waals surface area contributed by atoms with Crippen LogP contribution in [-0.4, -0.2) is 56.8 Å². The molecule has 3 saturated carbocycles. The van der Waals surface area contributed by atoms with E-state index in [2.05, 4.69) is 29.0 Å². The molecular formula is C22H30N2O4S. The van der Waals surface area contributed by atoms with Crippen LogP contribution in [0.2, 0.25) is 0 Å². The molecule has 1 amide bonds. The molecule has 0 unspecified atom stereocenters. The smallest absolute Gasteiger partial charge is 0.229 e. The number of ether oxygens (including phenoxy) is 1. The van der Waals surface area contributed by atoms with Crippen molar-refractivity contribution in [2.24, 2.45) is 11.3 Å². The third-order valence-corrected chi connectivity index (χ3v) is 8.11. The van der Waals surface area contributed by atoms with Crippen molar-refractivity contribution < 1.29 is 17.9 Å². The zero-order chi connectivity index (χ0) is 20.2. The van der Waals surface area contributed by atoms with Gasteiger partial charge in [0.1, 0.15) is 0 Å². The van der Waals surface area contributed by atoms with Gasteiger partial charge in [0.2, 0.25) is 15.9 Å². The number of sulfonamides is 1. The second-order valence-electron chi connectivity index (χ2n) is 9.50. The fraction of sp³-hybridized carbons (Fsp3) is 0.682. The Bertz CT molecular complexity index is 875. The molecular weight excluding hydrogens is 388 g/mol. The van der Waals surface area contributed by atoms with Gasteiger partial charge >= 0.3 is 0 Å². The first kappa shape index (κ1) is 19.5. The lowest BCUT2D eigenvalue weighted by Crippen LogP contribution is -2.59. The summed E-state index contributed by atoms with van der Waals surface area (Å²) in [6.07, 6.45) is 6.96. The van der Waals surface area contributed by atoms with Gasteiger partial charge in [-0.05, 0) is 55.9 Å². The largest absolute Gasteiger partial charge is 0.376 e. The van der Waals surface area contributed by atoms with Crippen molar-refractivity contribution >= 4 is 15.9 Å². The third-order valence-electron chi connectivity index (χ3n) is 7.38. The summed E-state index contributed by atoms with van der Waals surface area (Å²) in [5, 5.41) is 0. The molecule has 6 nitrogen and oxygen atoms in total. The van der Waals surface area contributed by atoms with Gasteiger partial charge in [-0.25, -0.2) is 13.1 Å². The molecule has 0 spiro atoms. The van der Waals surface area contributed by atoms with Crippen LogP contribution in [0.25, 0.3) is 0 Å². The fourth-order valence-electron chi connectivity index (χ4n) is 5.20. The number of hydrogen-bond donors (Lipinski definition) is 1. The zero-order valence-electron chi connectivity index (χ0n) is 16.9. The molecule has 3 aliphatic carbocycles. The Morgan fingerprint density at radius 3 is 2.55 bits per heavy atom. The summed E-state index contributed by atoms with van der Waals surface area (Å²) in [4.78, 5) is 15.0. The number of nitrogens with zero attached hydrogens (tertiary/aromatic N) is 1. The highest BCUT2D eigenvalue weighted by molar-refractivity contribution is 7.88. The standard InChI is InChI=1S/C22H30N2O4S/c1-29(26,27)23-19-8-5-9-24(21(25)22-12-17(22)13-22)20(19)14-28-18-10-16(11-18)15-6-3-2-4-7-15/h2-4,6-7,16-20,23H,5,8-14H2,1H3/t16?,17?,18?,19-,20-,22?/m0/s1. The first-order chi connectivity index (χ1) is 13.9. The quantitative estimate of drug-likeness (QED) is 0.737. The minimum Gasteiger partial charge on any atom is -0.376 e. The van der Waals surface area contributed by atoms with E-state index in [-0.39, 0.29) is 29.5 Å². The number of carbonyl (C=O) groups is 1. The summed E-state index contributed by atoms with van der Waals surface area (Å²) in [5.41, 5.74) is 1.26. The van der Waals surface area contributed by atoms with Gasteiger partial charge in [0, 0.05) is 12.6 Å². The van der Waals surface area contributed by atoms with E-state index in [1.54, 1.807) is 0 Å². The highest BCUT2D eigenvalue weighted by Gasteiger charge is 2.75. The van der Waals surface area contributed by atoms with E-state index >= 15 is 0 Å². The molecule has 1 saturated heterocycles. The number of piperidine rings is 1. The van der Waals surface area contributed by atoms with Crippen molar-refractivity contribution in [1.82, 2.24) is 9.62 Å². The van der Waals surface area contributed by atoms with Crippen LogP contribution >= 0.6 is 0 Å². The van der Waals surface area contributed by atoms with Gasteiger partial charge in [-0.3, -0.25) is 4.79 Å². The molecule has 158 valence electrons. The van der Waals surface area contributed by atoms with E-state index < -0.39 is 10.0 Å². The summed E-state index contributed by atoms with van der Waals surface area (Å²) in [6, 6.07) is 10.0. The topological polar surface area (TPSA) is 75.7 Å². The molecule has 1 heterocycles. The second-order valence-corrected chi connectivity index (χ2v) is 11.3. The van der Waals surface area contributed by atoms with Crippen molar-refractivity contribution in [1.29, 1.82) is 0 Å². The van der Waals surface area contributed by atoms with Gasteiger partial charge in [0.05, 0.1) is 30.4 Å². The van der Waals surface area contributed by atoms with E-state index in [0.29, 0.717) is 25.0 Å². The van der Waals surface area contributed by atoms with Gasteiger partial charge in [-0.1, -0.05) is 30.3 Å². The number of rotatable bonds is 7. The number of carbonyl (C=O) groups excluding carboxylic acids is 1. The van der Waals surface area contributed by atoms with Gasteiger partial charge in [0.25, 0.3) is 0 Å². The van der Waals surface area contributed by atoms with Crippen LogP contribution in [0.1, 0.15) is 50.0 Å². The minimum atomic E-state index is -3.33. The molecule has 1 aromatic rings. The Hall–Kier alpha value is -1.44. The molecule has 7 heteroatoms. The highest BCUT2D eigenvalue weighted by atomic mass is 32.2. The summed E-state index contributed by atoms with van der Waals surface area (Å²) in [5.74, 6) is 1.35. The lowest BCUT2D eigenvalue weighted by Gasteiger charge is -2.43. The molecule has 0 radical (unpaired) electrons. The van der Waals surface area contributed by atoms with Gasteiger partial charge in [-0.15, -0.1) is 0 Å². The Labute approximate surface area is 173 Å². The van der Waals surface area contributed by atoms with Crippen molar-refractivity contribution in [2.45, 2.75) is 62.6 Å². The average Bonchev–Trinajstić information content (AvgIpc) is 3.51. The Morgan fingerprint density at radius 2 is 1.93 bits per heavy atom. The van der Waals surface area contributed by atoms with E-state index in [1.807, 2.05) is 11.0 Å². The lowest BCUT2D eigenvalue weighted by molar-refractivity contribution is -0.142. The lowest BCUT2D eigenvalue weighted by atomic mass is 9.77. The van der Waals surface area contributed by atoms with Crippen molar-refractivity contribution in [3.8, 4) is 0 Å². The molecule has 4 aliphatic rings. The molecule has 0 bridgehead atoms. The van der Waals surface area contributed by atoms with E-state index in [9.17, 15) is 13.2 Å².